The maximum absolute atomic E-state index is 5.90. The van der Waals surface area contributed by atoms with Crippen LogP contribution in [-0.4, -0.2) is 15.4 Å². The lowest BCUT2D eigenvalue weighted by molar-refractivity contribution is 0.679. The zero-order valence-electron chi connectivity index (χ0n) is 10.9. The van der Waals surface area contributed by atoms with Gasteiger partial charge >= 0.3 is 0 Å². The molecule has 0 aliphatic rings. The fourth-order valence-corrected chi connectivity index (χ4v) is 4.00. The third-order valence-electron chi connectivity index (χ3n) is 3.26. The number of aromatic nitrogens is 2. The van der Waals surface area contributed by atoms with Crippen molar-refractivity contribution in [2.75, 3.05) is 5.88 Å². The highest BCUT2D eigenvalue weighted by Gasteiger charge is 2.10. The van der Waals surface area contributed by atoms with Crippen LogP contribution in [-0.2, 0) is 19.4 Å². The van der Waals surface area contributed by atoms with Crippen LogP contribution in [0.25, 0.3) is 11.0 Å². The highest BCUT2D eigenvalue weighted by Crippen LogP contribution is 2.24. The van der Waals surface area contributed by atoms with Gasteiger partial charge in [0.15, 0.2) is 0 Å². The summed E-state index contributed by atoms with van der Waals surface area (Å²) in [5.41, 5.74) is 2.25. The lowest BCUT2D eigenvalue weighted by Crippen LogP contribution is -2.06. The standard InChI is InChI=1S/C15H14BrClN2S/c16-14-6-5-11(20-14)8-10-19-13-4-2-1-3-12(13)18-15(19)7-9-17/h1-6H,7-10H2. The molecule has 20 heavy (non-hydrogen) atoms. The van der Waals surface area contributed by atoms with Crippen molar-refractivity contribution in [3.8, 4) is 0 Å². The van der Waals surface area contributed by atoms with Crippen LogP contribution in [0.15, 0.2) is 40.2 Å². The van der Waals surface area contributed by atoms with Gasteiger partial charge in [-0.15, -0.1) is 22.9 Å². The molecule has 0 aliphatic heterocycles. The molecular weight excluding hydrogens is 356 g/mol. The summed E-state index contributed by atoms with van der Waals surface area (Å²) in [6.45, 7) is 0.944. The second kappa shape index (κ2) is 6.29. The second-order valence-corrected chi connectivity index (χ2v) is 7.49. The zero-order valence-corrected chi connectivity index (χ0v) is 14.0. The SMILES string of the molecule is ClCCc1nc2ccccc2n1CCc1ccc(Br)s1. The fraction of sp³-hybridized carbons (Fsp3) is 0.267. The van der Waals surface area contributed by atoms with Gasteiger partial charge in [0, 0.05) is 23.7 Å². The summed E-state index contributed by atoms with van der Waals surface area (Å²) in [5.74, 6) is 1.69. The van der Waals surface area contributed by atoms with Gasteiger partial charge in [-0.05, 0) is 46.6 Å². The van der Waals surface area contributed by atoms with Crippen molar-refractivity contribution in [1.29, 1.82) is 0 Å². The van der Waals surface area contributed by atoms with Crippen LogP contribution >= 0.6 is 38.9 Å². The lowest BCUT2D eigenvalue weighted by Gasteiger charge is -2.07. The normalized spacial score (nSPS) is 11.3. The smallest absolute Gasteiger partial charge is 0.111 e. The largest absolute Gasteiger partial charge is 0.328 e. The van der Waals surface area contributed by atoms with E-state index in [0.29, 0.717) is 5.88 Å². The van der Waals surface area contributed by atoms with E-state index in [2.05, 4.69) is 50.8 Å². The molecule has 0 atom stereocenters. The maximum Gasteiger partial charge on any atom is 0.111 e. The Morgan fingerprint density at radius 1 is 1.15 bits per heavy atom. The Balaban J connectivity index is 1.90. The minimum atomic E-state index is 0.605. The van der Waals surface area contributed by atoms with Gasteiger partial charge in [0.1, 0.15) is 5.82 Å². The second-order valence-electron chi connectivity index (χ2n) is 4.56. The Morgan fingerprint density at radius 3 is 2.75 bits per heavy atom. The molecule has 3 rings (SSSR count). The Morgan fingerprint density at radius 2 is 2.00 bits per heavy atom. The van der Waals surface area contributed by atoms with E-state index >= 15 is 0 Å². The van der Waals surface area contributed by atoms with E-state index in [0.717, 1.165) is 30.7 Å². The monoisotopic (exact) mass is 368 g/mol. The molecule has 0 fully saturated rings. The van der Waals surface area contributed by atoms with Crippen molar-refractivity contribution in [3.63, 3.8) is 0 Å². The molecule has 0 saturated heterocycles. The maximum atomic E-state index is 5.90. The number of para-hydroxylation sites is 2. The molecule has 0 N–H and O–H groups in total. The minimum Gasteiger partial charge on any atom is -0.328 e. The van der Waals surface area contributed by atoms with Crippen molar-refractivity contribution in [1.82, 2.24) is 9.55 Å². The van der Waals surface area contributed by atoms with Gasteiger partial charge in [-0.2, -0.15) is 0 Å². The number of nitrogens with zero attached hydrogens (tertiary/aromatic N) is 2. The summed E-state index contributed by atoms with van der Waals surface area (Å²) < 4.78 is 3.48. The number of hydrogen-bond acceptors (Lipinski definition) is 2. The topological polar surface area (TPSA) is 17.8 Å². The molecule has 2 aromatic heterocycles. The van der Waals surface area contributed by atoms with Gasteiger partial charge in [0.05, 0.1) is 14.8 Å². The molecule has 0 unspecified atom stereocenters. The van der Waals surface area contributed by atoms with Crippen LogP contribution in [0.4, 0.5) is 0 Å². The number of alkyl halides is 1. The molecule has 5 heteroatoms. The summed E-state index contributed by atoms with van der Waals surface area (Å²) in [4.78, 5) is 6.07. The molecule has 2 heterocycles. The lowest BCUT2D eigenvalue weighted by atomic mass is 10.3. The van der Waals surface area contributed by atoms with Crippen LogP contribution in [0, 0.1) is 0 Å². The van der Waals surface area contributed by atoms with E-state index in [4.69, 9.17) is 16.6 Å². The van der Waals surface area contributed by atoms with Crippen LogP contribution < -0.4 is 0 Å². The number of thiophene rings is 1. The first kappa shape index (κ1) is 14.1. The summed E-state index contributed by atoms with van der Waals surface area (Å²) in [6, 6.07) is 12.6. The summed E-state index contributed by atoms with van der Waals surface area (Å²) in [7, 11) is 0. The molecule has 0 bridgehead atoms. The van der Waals surface area contributed by atoms with Crippen LogP contribution in [0.2, 0.25) is 0 Å². The summed E-state index contributed by atoms with van der Waals surface area (Å²) >= 11 is 11.2. The first-order valence-electron chi connectivity index (χ1n) is 6.52. The average Bonchev–Trinajstić information content (AvgIpc) is 3.00. The van der Waals surface area contributed by atoms with Gasteiger partial charge < -0.3 is 4.57 Å². The van der Waals surface area contributed by atoms with Gasteiger partial charge in [0.25, 0.3) is 0 Å². The fourth-order valence-electron chi connectivity index (χ4n) is 2.36. The number of halogens is 2. The van der Waals surface area contributed by atoms with Crippen molar-refractivity contribution in [2.24, 2.45) is 0 Å². The van der Waals surface area contributed by atoms with Crippen LogP contribution in [0.5, 0.6) is 0 Å². The highest BCUT2D eigenvalue weighted by molar-refractivity contribution is 9.11. The van der Waals surface area contributed by atoms with E-state index in [-0.39, 0.29) is 0 Å². The third kappa shape index (κ3) is 2.92. The van der Waals surface area contributed by atoms with Gasteiger partial charge in [-0.1, -0.05) is 12.1 Å². The first-order chi connectivity index (χ1) is 9.78. The van der Waals surface area contributed by atoms with Crippen molar-refractivity contribution in [2.45, 2.75) is 19.4 Å². The van der Waals surface area contributed by atoms with E-state index in [1.54, 1.807) is 11.3 Å². The number of aryl methyl sites for hydroxylation is 3. The third-order valence-corrected chi connectivity index (χ3v) is 5.13. The number of imidazole rings is 1. The molecule has 0 aliphatic carbocycles. The van der Waals surface area contributed by atoms with Crippen molar-refractivity contribution < 1.29 is 0 Å². The van der Waals surface area contributed by atoms with Gasteiger partial charge in [-0.3, -0.25) is 0 Å². The molecule has 0 saturated carbocycles. The number of hydrogen-bond donors (Lipinski definition) is 0. The highest BCUT2D eigenvalue weighted by atomic mass is 79.9. The van der Waals surface area contributed by atoms with E-state index in [1.807, 2.05) is 6.07 Å². The average molecular weight is 370 g/mol. The van der Waals surface area contributed by atoms with Gasteiger partial charge in [0.2, 0.25) is 0 Å². The van der Waals surface area contributed by atoms with E-state index < -0.39 is 0 Å². The molecule has 2 nitrogen and oxygen atoms in total. The molecule has 0 radical (unpaired) electrons. The molecular formula is C15H14BrClN2S. The number of rotatable bonds is 5. The van der Waals surface area contributed by atoms with E-state index in [1.165, 1.54) is 14.2 Å². The van der Waals surface area contributed by atoms with Crippen LogP contribution in [0.3, 0.4) is 0 Å². The molecule has 1 aromatic carbocycles. The molecule has 3 aromatic rings. The predicted molar refractivity (Wildman–Crippen MR) is 89.9 cm³/mol. The van der Waals surface area contributed by atoms with Crippen LogP contribution in [0.1, 0.15) is 10.7 Å². The Hall–Kier alpha value is -0.840. The van der Waals surface area contributed by atoms with Gasteiger partial charge in [-0.25, -0.2) is 4.98 Å². The Bertz CT molecular complexity index is 720. The first-order valence-corrected chi connectivity index (χ1v) is 8.66. The quantitative estimate of drug-likeness (QED) is 0.586. The molecule has 0 spiro atoms. The number of benzene rings is 1. The minimum absolute atomic E-state index is 0.605. The van der Waals surface area contributed by atoms with Crippen molar-refractivity contribution in [3.05, 3.63) is 50.9 Å². The molecule has 104 valence electrons. The Labute approximate surface area is 135 Å². The Kier molecular flexibility index (Phi) is 4.44. The summed E-state index contributed by atoms with van der Waals surface area (Å²) in [6.07, 6.45) is 1.83. The van der Waals surface area contributed by atoms with E-state index in [9.17, 15) is 0 Å². The predicted octanol–water partition coefficient (Wildman–Crippen LogP) is 4.88. The zero-order chi connectivity index (χ0) is 13.9. The molecule has 0 amide bonds. The van der Waals surface area contributed by atoms with Crippen molar-refractivity contribution >= 4 is 49.9 Å². The number of fused-ring (bicyclic) bond motifs is 1. The summed E-state index contributed by atoms with van der Waals surface area (Å²) in [5, 5.41) is 0.